The Balaban J connectivity index is 1.25. The van der Waals surface area contributed by atoms with E-state index in [0.717, 1.165) is 38.5 Å². The van der Waals surface area contributed by atoms with E-state index < -0.39 is 64.6 Å². The summed E-state index contributed by atoms with van der Waals surface area (Å²) in [6, 6.07) is -3.21. The number of amides is 3. The average Bonchev–Trinajstić information content (AvgIpc) is 3.83. The third-order valence-corrected chi connectivity index (χ3v) is 11.6. The molecule has 0 radical (unpaired) electrons. The van der Waals surface area contributed by atoms with Gasteiger partial charge < -0.3 is 25.0 Å². The Morgan fingerprint density at radius 3 is 2.04 bits per heavy atom. The van der Waals surface area contributed by atoms with Crippen molar-refractivity contribution in [2.45, 2.75) is 150 Å². The number of fused-ring (bicyclic) bond motifs is 1. The lowest BCUT2D eigenvalue weighted by atomic mass is 9.83. The van der Waals surface area contributed by atoms with Gasteiger partial charge in [-0.15, -0.1) is 0 Å². The second-order valence-corrected chi connectivity index (χ2v) is 19.0. The quantitative estimate of drug-likeness (QED) is 0.147. The van der Waals surface area contributed by atoms with Crippen molar-refractivity contribution in [3.63, 3.8) is 0 Å². The van der Waals surface area contributed by atoms with Crippen molar-refractivity contribution in [2.75, 3.05) is 13.2 Å². The molecule has 0 aromatic rings. The van der Waals surface area contributed by atoms with Crippen molar-refractivity contribution in [3.8, 4) is 0 Å². The number of piperidine rings is 1. The lowest BCUT2D eigenvalue weighted by Gasteiger charge is -2.38. The maximum atomic E-state index is 14.4. The number of nitrogens with one attached hydrogen (secondary N) is 2. The maximum absolute atomic E-state index is 14.4. The number of likely N-dealkylation sites (tertiary alicyclic amines) is 1. The molecular weight excluding hydrogens is 666 g/mol. The van der Waals surface area contributed by atoms with Crippen LogP contribution in [0.1, 0.15) is 126 Å². The second kappa shape index (κ2) is 15.2. The van der Waals surface area contributed by atoms with Gasteiger partial charge in [0.05, 0.1) is 12.6 Å². The van der Waals surface area contributed by atoms with Crippen LogP contribution in [0.2, 0.25) is 0 Å². The number of urea groups is 1. The van der Waals surface area contributed by atoms with E-state index >= 15 is 0 Å². The van der Waals surface area contributed by atoms with Gasteiger partial charge in [0.15, 0.2) is 11.6 Å². The first-order valence-electron chi connectivity index (χ1n) is 19.5. The minimum atomic E-state index is -0.999. The van der Waals surface area contributed by atoms with Gasteiger partial charge in [-0.2, -0.15) is 0 Å². The van der Waals surface area contributed by atoms with Crippen LogP contribution in [0, 0.1) is 46.3 Å². The van der Waals surface area contributed by atoms with Crippen LogP contribution in [0.15, 0.2) is 0 Å². The molecule has 4 saturated carbocycles. The van der Waals surface area contributed by atoms with E-state index in [9.17, 15) is 33.6 Å². The van der Waals surface area contributed by atoms with E-state index in [0.29, 0.717) is 25.5 Å². The predicted octanol–water partition coefficient (Wildman–Crippen LogP) is 4.94. The van der Waals surface area contributed by atoms with E-state index in [1.54, 1.807) is 25.7 Å². The van der Waals surface area contributed by atoms with Gasteiger partial charge in [-0.3, -0.25) is 24.0 Å². The molecule has 290 valence electrons. The van der Waals surface area contributed by atoms with Crippen LogP contribution < -0.4 is 10.6 Å². The summed E-state index contributed by atoms with van der Waals surface area (Å²) in [6.07, 6.45) is 5.99. The Morgan fingerprint density at radius 2 is 1.48 bits per heavy atom. The van der Waals surface area contributed by atoms with Crippen molar-refractivity contribution in [2.24, 2.45) is 46.3 Å². The van der Waals surface area contributed by atoms with Gasteiger partial charge in [0.2, 0.25) is 11.7 Å². The molecule has 5 aliphatic rings. The first-order valence-corrected chi connectivity index (χ1v) is 19.5. The van der Waals surface area contributed by atoms with Crippen LogP contribution in [0.3, 0.4) is 0 Å². The fourth-order valence-corrected chi connectivity index (χ4v) is 7.92. The molecule has 0 aromatic heterocycles. The number of Topliss-reactive ketones (excluding diaryl/α,β-unsaturated/α-hetero) is 3. The molecule has 1 heterocycles. The molecule has 1 aliphatic heterocycles. The molecule has 12 nitrogen and oxygen atoms in total. The van der Waals surface area contributed by atoms with Crippen molar-refractivity contribution >= 4 is 41.2 Å². The number of ether oxygens (including phenoxy) is 2. The van der Waals surface area contributed by atoms with Gasteiger partial charge in [0.1, 0.15) is 17.7 Å². The van der Waals surface area contributed by atoms with Crippen molar-refractivity contribution in [3.05, 3.63) is 0 Å². The molecule has 0 aromatic carbocycles. The van der Waals surface area contributed by atoms with Crippen molar-refractivity contribution in [1.82, 2.24) is 15.5 Å². The molecule has 3 amide bonds. The number of carbonyl (C=O) groups excluding carboxylic acids is 7. The highest BCUT2D eigenvalue weighted by molar-refractivity contribution is 6.38. The summed E-state index contributed by atoms with van der Waals surface area (Å²) in [7, 11) is 0. The number of hydrogen-bond acceptors (Lipinski definition) is 9. The van der Waals surface area contributed by atoms with E-state index in [4.69, 9.17) is 9.47 Å². The number of nitrogens with zero attached hydrogens (tertiary/aromatic N) is 1. The second-order valence-electron chi connectivity index (χ2n) is 19.0. The van der Waals surface area contributed by atoms with E-state index in [1.165, 1.54) is 0 Å². The van der Waals surface area contributed by atoms with Crippen LogP contribution in [0.4, 0.5) is 4.79 Å². The topological polar surface area (TPSA) is 165 Å². The Kier molecular flexibility index (Phi) is 11.7. The molecule has 5 rings (SSSR count). The lowest BCUT2D eigenvalue weighted by molar-refractivity contribution is -0.155. The number of esters is 2. The fourth-order valence-electron chi connectivity index (χ4n) is 7.92. The largest absolute Gasteiger partial charge is 0.464 e. The minimum absolute atomic E-state index is 0.000628. The number of ketones is 3. The lowest BCUT2D eigenvalue weighted by Crippen LogP contribution is -2.60. The molecule has 2 N–H and O–H groups in total. The molecular formula is C40H61N3O9. The number of carbonyl (C=O) groups is 7. The highest BCUT2D eigenvalue weighted by Crippen LogP contribution is 2.65. The summed E-state index contributed by atoms with van der Waals surface area (Å²) in [5, 5.41) is 5.63. The van der Waals surface area contributed by atoms with Crippen LogP contribution >= 0.6 is 0 Å². The van der Waals surface area contributed by atoms with Gasteiger partial charge in [0.25, 0.3) is 0 Å². The van der Waals surface area contributed by atoms with E-state index in [2.05, 4.69) is 24.5 Å². The summed E-state index contributed by atoms with van der Waals surface area (Å²) in [5.41, 5.74) is -1.55. The maximum Gasteiger partial charge on any atom is 0.328 e. The predicted molar refractivity (Wildman–Crippen MR) is 192 cm³/mol. The van der Waals surface area contributed by atoms with Crippen LogP contribution in [0.5, 0.6) is 0 Å². The van der Waals surface area contributed by atoms with Gasteiger partial charge in [0, 0.05) is 31.7 Å². The molecule has 52 heavy (non-hydrogen) atoms. The summed E-state index contributed by atoms with van der Waals surface area (Å²) in [4.78, 5) is 95.4. The Hall–Kier alpha value is -3.31. The smallest absolute Gasteiger partial charge is 0.328 e. The standard InChI is InChI=1S/C40H61N3O9/c1-38(2,3)34(42-37(50)41-31(24-16-17-24)36(49)51-21-23-14-15-23)35(48)43-20-26-30(40(26,7)8)32(43)28(45)19-25(18-22-12-13-22)33(47)27(44)10-9-11-29(46)52-39(4,5)6/h22-26,30-32,34H,9-21H2,1-8H3,(H2,41,42,50)/t25?,26-,30-,31-,32+,34+/m0/s1. The third kappa shape index (κ3) is 10.2. The normalized spacial score (nSPS) is 25.2. The van der Waals surface area contributed by atoms with Crippen LogP contribution in [-0.2, 0) is 38.2 Å². The monoisotopic (exact) mass is 727 g/mol. The fraction of sp³-hybridized carbons (Fsp3) is 0.825. The molecule has 12 heteroatoms. The van der Waals surface area contributed by atoms with Gasteiger partial charge in [-0.25, -0.2) is 9.59 Å². The Bertz CT molecular complexity index is 1430. The SMILES string of the molecule is CC(C)(C)OC(=O)CCCC(=O)C(=O)C(CC(=O)[C@@H]1[C@@H]2[C@H](CN1C(=O)[C@@H](NC(=O)N[C@H](C(=O)OCC1CC1)C1CC1)C(C)(C)C)C2(C)C)CC1CC1. The van der Waals surface area contributed by atoms with Gasteiger partial charge in [-0.05, 0) is 99.7 Å². The highest BCUT2D eigenvalue weighted by atomic mass is 16.6. The molecule has 4 aliphatic carbocycles. The molecule has 1 unspecified atom stereocenters. The zero-order valence-electron chi connectivity index (χ0n) is 32.5. The molecule has 6 atom stereocenters. The summed E-state index contributed by atoms with van der Waals surface area (Å²) < 4.78 is 10.8. The molecule has 5 fully saturated rings. The average molecular weight is 728 g/mol. The van der Waals surface area contributed by atoms with Crippen molar-refractivity contribution < 1.29 is 43.0 Å². The molecule has 0 spiro atoms. The van der Waals surface area contributed by atoms with Crippen molar-refractivity contribution in [1.29, 1.82) is 0 Å². The molecule has 0 bridgehead atoms. The Morgan fingerprint density at radius 1 is 0.846 bits per heavy atom. The molecule has 1 saturated heterocycles. The van der Waals surface area contributed by atoms with Crippen LogP contribution in [-0.4, -0.2) is 83.0 Å². The van der Waals surface area contributed by atoms with Gasteiger partial charge in [-0.1, -0.05) is 47.5 Å². The zero-order valence-corrected chi connectivity index (χ0v) is 32.5. The highest BCUT2D eigenvalue weighted by Gasteiger charge is 2.69. The summed E-state index contributed by atoms with van der Waals surface area (Å²) >= 11 is 0. The van der Waals surface area contributed by atoms with E-state index in [-0.39, 0.29) is 66.5 Å². The minimum Gasteiger partial charge on any atom is -0.464 e. The summed E-state index contributed by atoms with van der Waals surface area (Å²) in [6.45, 7) is 15.7. The van der Waals surface area contributed by atoms with Gasteiger partial charge >= 0.3 is 18.0 Å². The zero-order chi connectivity index (χ0) is 38.3. The third-order valence-electron chi connectivity index (χ3n) is 11.6. The number of hydrogen-bond donors (Lipinski definition) is 2. The van der Waals surface area contributed by atoms with Crippen LogP contribution in [0.25, 0.3) is 0 Å². The first-order chi connectivity index (χ1) is 24.2. The summed E-state index contributed by atoms with van der Waals surface area (Å²) in [5.74, 6) is -2.80. The van der Waals surface area contributed by atoms with E-state index in [1.807, 2.05) is 20.8 Å². The Labute approximate surface area is 308 Å². The number of rotatable bonds is 18. The first kappa shape index (κ1) is 39.9.